The van der Waals surface area contributed by atoms with Crippen LogP contribution in [0.4, 0.5) is 0 Å². The highest BCUT2D eigenvalue weighted by molar-refractivity contribution is 5.44. The van der Waals surface area contributed by atoms with E-state index in [9.17, 15) is 5.11 Å². The molecular weight excluding hydrogens is 396 g/mol. The average molecular weight is 439 g/mol. The summed E-state index contributed by atoms with van der Waals surface area (Å²) in [6.45, 7) is 6.22. The van der Waals surface area contributed by atoms with Crippen molar-refractivity contribution < 1.29 is 14.6 Å². The summed E-state index contributed by atoms with van der Waals surface area (Å²) in [6, 6.07) is 6.70. The predicted molar refractivity (Wildman–Crippen MR) is 131 cm³/mol. The maximum atomic E-state index is 10.6. The highest BCUT2D eigenvalue weighted by atomic mass is 16.5. The number of unbranched alkanes of at least 4 members (excludes halogenated alkanes) is 2. The molecule has 0 radical (unpaired) electrons. The molecule has 0 spiro atoms. The standard InChI is InChI=1S/C29H42O3/c1-3-5-17-31-22-13-11-21(12-14-22)29-26-10-8-7-9-24(26)27-19-23(32-18-6-4-2)15-16-25(27)28(29)20-30/h11,13-16,19,21,24,26,28-30H,3-10,12,17-18,20H2,1-2H3/t21?,24-,26+,28+,29+/m1/s1. The topological polar surface area (TPSA) is 38.7 Å². The first kappa shape index (κ1) is 23.4. The largest absolute Gasteiger partial charge is 0.494 e. The maximum Gasteiger partial charge on any atom is 0.119 e. The summed E-state index contributed by atoms with van der Waals surface area (Å²) in [5.41, 5.74) is 2.82. The molecule has 1 fully saturated rings. The van der Waals surface area contributed by atoms with Gasteiger partial charge in [-0.15, -0.1) is 0 Å². The zero-order valence-corrected chi connectivity index (χ0v) is 20.1. The Bertz CT molecular complexity index is 796. The lowest BCUT2D eigenvalue weighted by Gasteiger charge is -2.49. The fourth-order valence-corrected chi connectivity index (χ4v) is 6.33. The zero-order chi connectivity index (χ0) is 22.3. The third-order valence-electron chi connectivity index (χ3n) is 7.96. The number of allylic oxidation sites excluding steroid dienone is 3. The van der Waals surface area contributed by atoms with Crippen LogP contribution in [0.25, 0.3) is 0 Å². The zero-order valence-electron chi connectivity index (χ0n) is 20.1. The smallest absolute Gasteiger partial charge is 0.119 e. The highest BCUT2D eigenvalue weighted by Gasteiger charge is 2.46. The lowest BCUT2D eigenvalue weighted by atomic mass is 9.56. The number of fused-ring (bicyclic) bond motifs is 3. The Labute approximate surface area is 194 Å². The van der Waals surface area contributed by atoms with Gasteiger partial charge in [0.25, 0.3) is 0 Å². The van der Waals surface area contributed by atoms with E-state index in [1.165, 1.54) is 36.8 Å². The van der Waals surface area contributed by atoms with Crippen molar-refractivity contribution in [2.45, 2.75) is 83.5 Å². The van der Waals surface area contributed by atoms with E-state index in [-0.39, 0.29) is 12.5 Å². The molecule has 0 saturated heterocycles. The molecule has 1 saturated carbocycles. The van der Waals surface area contributed by atoms with Crippen LogP contribution < -0.4 is 4.74 Å². The van der Waals surface area contributed by atoms with Crippen molar-refractivity contribution in [1.29, 1.82) is 0 Å². The lowest BCUT2D eigenvalue weighted by Crippen LogP contribution is -2.40. The quantitative estimate of drug-likeness (QED) is 0.395. The third kappa shape index (κ3) is 5.09. The Balaban J connectivity index is 1.56. The van der Waals surface area contributed by atoms with Crippen LogP contribution >= 0.6 is 0 Å². The Morgan fingerprint density at radius 3 is 2.47 bits per heavy atom. The van der Waals surface area contributed by atoms with E-state index >= 15 is 0 Å². The van der Waals surface area contributed by atoms with Crippen LogP contribution in [0.2, 0.25) is 0 Å². The van der Waals surface area contributed by atoms with Gasteiger partial charge in [-0.3, -0.25) is 0 Å². The number of rotatable bonds is 10. The molecule has 0 amide bonds. The summed E-state index contributed by atoms with van der Waals surface area (Å²) in [6.07, 6.45) is 17.6. The van der Waals surface area contributed by atoms with Crippen LogP contribution in [0, 0.1) is 17.8 Å². The van der Waals surface area contributed by atoms with Gasteiger partial charge in [-0.25, -0.2) is 0 Å². The number of hydrogen-bond donors (Lipinski definition) is 1. The Morgan fingerprint density at radius 1 is 0.969 bits per heavy atom. The van der Waals surface area contributed by atoms with Gasteiger partial charge in [0.15, 0.2) is 0 Å². The minimum absolute atomic E-state index is 0.208. The van der Waals surface area contributed by atoms with Crippen LogP contribution in [-0.4, -0.2) is 24.9 Å². The van der Waals surface area contributed by atoms with Gasteiger partial charge in [0, 0.05) is 5.92 Å². The number of aliphatic hydroxyl groups is 1. The Kier molecular flexibility index (Phi) is 8.35. The van der Waals surface area contributed by atoms with Crippen molar-refractivity contribution in [1.82, 2.24) is 0 Å². The second-order valence-electron chi connectivity index (χ2n) is 9.98. The van der Waals surface area contributed by atoms with E-state index in [4.69, 9.17) is 9.47 Å². The second kappa shape index (κ2) is 11.4. The van der Waals surface area contributed by atoms with Crippen molar-refractivity contribution in [3.05, 3.63) is 53.3 Å². The summed E-state index contributed by atoms with van der Waals surface area (Å²) in [4.78, 5) is 0. The van der Waals surface area contributed by atoms with Crippen LogP contribution in [0.5, 0.6) is 5.75 Å². The van der Waals surface area contributed by atoms with Gasteiger partial charge in [0.05, 0.1) is 19.8 Å². The highest BCUT2D eigenvalue weighted by Crippen LogP contribution is 2.56. The first-order valence-corrected chi connectivity index (χ1v) is 13.2. The minimum atomic E-state index is 0.208. The van der Waals surface area contributed by atoms with Gasteiger partial charge >= 0.3 is 0 Å². The average Bonchev–Trinajstić information content (AvgIpc) is 2.84. The fourth-order valence-electron chi connectivity index (χ4n) is 6.33. The predicted octanol–water partition coefficient (Wildman–Crippen LogP) is 7.12. The number of ether oxygens (including phenoxy) is 2. The number of benzene rings is 1. The molecule has 1 aromatic rings. The third-order valence-corrected chi connectivity index (χ3v) is 7.96. The van der Waals surface area contributed by atoms with Crippen molar-refractivity contribution in [3.63, 3.8) is 0 Å². The molecule has 3 nitrogen and oxygen atoms in total. The molecule has 176 valence electrons. The van der Waals surface area contributed by atoms with Crippen molar-refractivity contribution in [2.75, 3.05) is 19.8 Å². The van der Waals surface area contributed by atoms with Crippen molar-refractivity contribution >= 4 is 0 Å². The maximum absolute atomic E-state index is 10.6. The lowest BCUT2D eigenvalue weighted by molar-refractivity contribution is 0.0930. The first-order chi connectivity index (χ1) is 15.8. The molecule has 3 heteroatoms. The fraction of sp³-hybridized carbons (Fsp3) is 0.655. The van der Waals surface area contributed by atoms with E-state index in [1.807, 2.05) is 0 Å². The SMILES string of the molecule is CCCCOC1=CCC([C@H]2[C@H]3CCCC[C@H]3c3cc(OCCCC)ccc3[C@@H]2CO)C=C1. The van der Waals surface area contributed by atoms with Gasteiger partial charge in [0.1, 0.15) is 11.5 Å². The van der Waals surface area contributed by atoms with E-state index in [1.54, 1.807) is 0 Å². The normalized spacial score (nSPS) is 29.1. The minimum Gasteiger partial charge on any atom is -0.494 e. The molecular formula is C29H42O3. The molecule has 1 aromatic carbocycles. The molecule has 0 aliphatic heterocycles. The molecule has 1 unspecified atom stereocenters. The molecule has 4 rings (SSSR count). The van der Waals surface area contributed by atoms with Gasteiger partial charge < -0.3 is 14.6 Å². The summed E-state index contributed by atoms with van der Waals surface area (Å²) < 4.78 is 12.0. The molecule has 0 bridgehead atoms. The summed E-state index contributed by atoms with van der Waals surface area (Å²) >= 11 is 0. The Hall–Kier alpha value is -1.74. The molecule has 5 atom stereocenters. The van der Waals surface area contributed by atoms with Crippen LogP contribution in [0.1, 0.15) is 94.6 Å². The van der Waals surface area contributed by atoms with Gasteiger partial charge in [-0.1, -0.05) is 51.7 Å². The monoisotopic (exact) mass is 438 g/mol. The summed E-state index contributed by atoms with van der Waals surface area (Å²) in [7, 11) is 0. The van der Waals surface area contributed by atoms with E-state index in [0.29, 0.717) is 23.7 Å². The molecule has 3 aliphatic carbocycles. The molecule has 32 heavy (non-hydrogen) atoms. The van der Waals surface area contributed by atoms with Crippen LogP contribution in [0.15, 0.2) is 42.2 Å². The van der Waals surface area contributed by atoms with Crippen LogP contribution in [0.3, 0.4) is 0 Å². The van der Waals surface area contributed by atoms with Crippen molar-refractivity contribution in [2.24, 2.45) is 17.8 Å². The second-order valence-corrected chi connectivity index (χ2v) is 9.98. The molecule has 0 aromatic heterocycles. The molecule has 0 heterocycles. The number of hydrogen-bond acceptors (Lipinski definition) is 3. The summed E-state index contributed by atoms with van der Waals surface area (Å²) in [5.74, 6) is 4.45. The van der Waals surface area contributed by atoms with E-state index in [2.05, 4.69) is 50.3 Å². The number of aliphatic hydroxyl groups excluding tert-OH is 1. The first-order valence-electron chi connectivity index (χ1n) is 13.2. The Morgan fingerprint density at radius 2 is 1.75 bits per heavy atom. The van der Waals surface area contributed by atoms with Gasteiger partial charge in [-0.05, 0) is 91.2 Å². The van der Waals surface area contributed by atoms with Gasteiger partial charge in [-0.2, -0.15) is 0 Å². The molecule has 3 aliphatic rings. The van der Waals surface area contributed by atoms with Crippen LogP contribution in [-0.2, 0) is 4.74 Å². The van der Waals surface area contributed by atoms with E-state index in [0.717, 1.165) is 56.8 Å². The van der Waals surface area contributed by atoms with E-state index < -0.39 is 0 Å². The molecule has 1 N–H and O–H groups in total. The van der Waals surface area contributed by atoms with Crippen molar-refractivity contribution in [3.8, 4) is 5.75 Å². The summed E-state index contributed by atoms with van der Waals surface area (Å²) in [5, 5.41) is 10.6. The van der Waals surface area contributed by atoms with Gasteiger partial charge in [0.2, 0.25) is 0 Å².